The predicted octanol–water partition coefficient (Wildman–Crippen LogP) is 2.61. The van der Waals surface area contributed by atoms with Crippen molar-refractivity contribution < 1.29 is 13.9 Å². The van der Waals surface area contributed by atoms with Crippen LogP contribution in [-0.2, 0) is 9.47 Å². The third-order valence-corrected chi connectivity index (χ3v) is 1.64. The van der Waals surface area contributed by atoms with Gasteiger partial charge in [0.1, 0.15) is 19.2 Å². The van der Waals surface area contributed by atoms with E-state index >= 15 is 0 Å². The fraction of sp³-hybridized carbons (Fsp3) is 0.222. The average molecular weight is 204 g/mol. The largest absolute Gasteiger partial charge is 0.359 e. The maximum atomic E-state index is 12.7. The quantitative estimate of drug-likeness (QED) is 0.553. The van der Waals surface area contributed by atoms with Crippen molar-refractivity contribution in [2.45, 2.75) is 0 Å². The van der Waals surface area contributed by atoms with Crippen molar-refractivity contribution in [2.75, 3.05) is 13.9 Å². The fourth-order valence-electron chi connectivity index (χ4n) is 0.784. The zero-order valence-corrected chi connectivity index (χ0v) is 7.84. The van der Waals surface area contributed by atoms with E-state index in [0.29, 0.717) is 5.56 Å². The van der Waals surface area contributed by atoms with Gasteiger partial charge in [0, 0.05) is 7.11 Å². The van der Waals surface area contributed by atoms with Gasteiger partial charge in [0.05, 0.1) is 5.02 Å². The zero-order chi connectivity index (χ0) is 9.68. The van der Waals surface area contributed by atoms with Crippen LogP contribution in [0.4, 0.5) is 4.39 Å². The van der Waals surface area contributed by atoms with Gasteiger partial charge in [-0.25, -0.2) is 4.39 Å². The van der Waals surface area contributed by atoms with Crippen LogP contribution in [0.3, 0.4) is 0 Å². The number of hydrogen-bond donors (Lipinski definition) is 0. The molecule has 0 fully saturated rings. The summed E-state index contributed by atoms with van der Waals surface area (Å²) in [4.78, 5) is 0. The van der Waals surface area contributed by atoms with Gasteiger partial charge in [-0.05, 0) is 17.7 Å². The Balaban J connectivity index is 2.53. The number of rotatable bonds is 4. The third-order valence-electron chi connectivity index (χ3n) is 1.35. The van der Waals surface area contributed by atoms with Gasteiger partial charge in [0.2, 0.25) is 0 Å². The summed E-state index contributed by atoms with van der Waals surface area (Å²) < 4.78 is 22.3. The summed E-state index contributed by atoms with van der Waals surface area (Å²) in [5.41, 5.74) is 0.698. The molecule has 0 aliphatic heterocycles. The smallest absolute Gasteiger partial charge is 0.147 e. The molecule has 0 N–H and O–H groups in total. The Kier molecular flexibility index (Phi) is 4.15. The number of benzene rings is 1. The molecule has 0 amide bonds. The van der Waals surface area contributed by atoms with Gasteiger partial charge in [-0.3, -0.25) is 0 Å². The van der Waals surface area contributed by atoms with E-state index in [1.165, 1.54) is 25.8 Å². The lowest BCUT2D eigenvalue weighted by Gasteiger charge is -2.02. The van der Waals surface area contributed by atoms with Crippen molar-refractivity contribution in [3.63, 3.8) is 0 Å². The number of hydrogen-bond acceptors (Lipinski definition) is 2. The van der Waals surface area contributed by atoms with E-state index in [0.717, 1.165) is 0 Å². The van der Waals surface area contributed by atoms with Crippen LogP contribution in [-0.4, -0.2) is 13.9 Å². The first-order chi connectivity index (χ1) is 6.24. The van der Waals surface area contributed by atoms with Gasteiger partial charge in [0.25, 0.3) is 0 Å². The Hall–Kier alpha value is -0.640. The van der Waals surface area contributed by atoms with Gasteiger partial charge < -0.3 is 9.47 Å². The molecule has 0 unspecified atom stereocenters. The summed E-state index contributed by atoms with van der Waals surface area (Å²) in [5.74, 6) is -0.439. The summed E-state index contributed by atoms with van der Waals surface area (Å²) in [6.45, 7) is 1.61. The van der Waals surface area contributed by atoms with Crippen molar-refractivity contribution in [1.82, 2.24) is 0 Å². The summed E-state index contributed by atoms with van der Waals surface area (Å²) in [5, 5.41) is 0.0785. The van der Waals surface area contributed by atoms with E-state index in [2.05, 4.69) is 4.74 Å². The molecule has 0 bridgehead atoms. The van der Waals surface area contributed by atoms with Crippen molar-refractivity contribution in [1.29, 1.82) is 0 Å². The van der Waals surface area contributed by atoms with E-state index in [4.69, 9.17) is 16.3 Å². The Morgan fingerprint density at radius 3 is 2.92 bits per heavy atom. The van der Waals surface area contributed by atoms with Gasteiger partial charge in [-0.15, -0.1) is 0 Å². The van der Waals surface area contributed by atoms with Crippen molar-refractivity contribution >= 4 is 11.6 Å². The number of ether oxygens (including phenoxy) is 2. The third kappa shape index (κ3) is 3.30. The maximum Gasteiger partial charge on any atom is 0.147 e. The van der Waals surface area contributed by atoms with Crippen LogP contribution in [0.1, 0.15) is 5.56 Å². The first-order valence-electron chi connectivity index (χ1n) is 3.63. The molecule has 1 aromatic rings. The molecule has 0 aromatic heterocycles. The number of methoxy groups -OCH3 is 1. The van der Waals surface area contributed by atoms with E-state index in [1.807, 2.05) is 0 Å². The zero-order valence-electron chi connectivity index (χ0n) is 7.09. The highest BCUT2D eigenvalue weighted by atomic mass is 35.5. The van der Waals surface area contributed by atoms with Gasteiger partial charge in [-0.1, -0.05) is 17.7 Å². The lowest BCUT2D eigenvalue weighted by atomic mass is 10.2. The lowest BCUT2D eigenvalue weighted by molar-refractivity contribution is 0.00461. The molecule has 0 aliphatic carbocycles. The van der Waals surface area contributed by atoms with Crippen LogP contribution < -0.4 is 0 Å². The first kappa shape index (κ1) is 10.4. The lowest BCUT2D eigenvalue weighted by Crippen LogP contribution is -1.94. The summed E-state index contributed by atoms with van der Waals surface area (Å²) in [7, 11) is 1.52. The summed E-state index contributed by atoms with van der Waals surface area (Å²) in [6, 6.07) is 4.33. The Bertz CT molecular complexity index is 278. The SMILES string of the molecule is COCO[CH]c1ccc(F)c(Cl)c1. The Morgan fingerprint density at radius 2 is 2.31 bits per heavy atom. The molecule has 0 heterocycles. The van der Waals surface area contributed by atoms with Crippen LogP contribution >= 0.6 is 11.6 Å². The first-order valence-corrected chi connectivity index (χ1v) is 4.00. The second kappa shape index (κ2) is 5.17. The molecule has 0 atom stereocenters. The highest BCUT2D eigenvalue weighted by Crippen LogP contribution is 2.17. The molecule has 13 heavy (non-hydrogen) atoms. The second-order valence-electron chi connectivity index (χ2n) is 2.36. The molecular formula is C9H9ClFO2. The number of halogens is 2. The van der Waals surface area contributed by atoms with E-state index in [9.17, 15) is 4.39 Å². The molecule has 0 aliphatic rings. The molecule has 1 rings (SSSR count). The second-order valence-corrected chi connectivity index (χ2v) is 2.77. The van der Waals surface area contributed by atoms with Crippen molar-refractivity contribution in [3.8, 4) is 0 Å². The molecule has 1 aromatic carbocycles. The van der Waals surface area contributed by atoms with E-state index in [1.54, 1.807) is 6.07 Å². The van der Waals surface area contributed by atoms with Crippen LogP contribution in [0.5, 0.6) is 0 Å². The minimum Gasteiger partial charge on any atom is -0.359 e. The molecule has 71 valence electrons. The highest BCUT2D eigenvalue weighted by Gasteiger charge is 2.00. The minimum atomic E-state index is -0.439. The molecule has 0 spiro atoms. The average Bonchev–Trinajstić information content (AvgIpc) is 2.12. The molecule has 2 nitrogen and oxygen atoms in total. The van der Waals surface area contributed by atoms with E-state index in [-0.39, 0.29) is 11.8 Å². The monoisotopic (exact) mass is 203 g/mol. The normalized spacial score (nSPS) is 10.4. The summed E-state index contributed by atoms with van der Waals surface area (Å²) in [6.07, 6.45) is 0. The topological polar surface area (TPSA) is 18.5 Å². The molecule has 0 saturated heterocycles. The van der Waals surface area contributed by atoms with Crippen molar-refractivity contribution in [2.24, 2.45) is 0 Å². The molecule has 1 radical (unpaired) electrons. The highest BCUT2D eigenvalue weighted by molar-refractivity contribution is 6.30. The molecular weight excluding hydrogens is 195 g/mol. The predicted molar refractivity (Wildman–Crippen MR) is 47.8 cm³/mol. The molecule has 4 heteroatoms. The minimum absolute atomic E-state index is 0.0785. The van der Waals surface area contributed by atoms with Crippen LogP contribution in [0.15, 0.2) is 18.2 Å². The Morgan fingerprint density at radius 1 is 1.54 bits per heavy atom. The van der Waals surface area contributed by atoms with Crippen LogP contribution in [0, 0.1) is 12.4 Å². The van der Waals surface area contributed by atoms with E-state index < -0.39 is 5.82 Å². The summed E-state index contributed by atoms with van der Waals surface area (Å²) >= 11 is 5.54. The Labute approximate surface area is 81.2 Å². The maximum absolute atomic E-state index is 12.7. The molecule has 0 saturated carbocycles. The fourth-order valence-corrected chi connectivity index (χ4v) is 0.973. The van der Waals surface area contributed by atoms with Gasteiger partial charge in [0.15, 0.2) is 0 Å². The van der Waals surface area contributed by atoms with Crippen molar-refractivity contribution in [3.05, 3.63) is 41.2 Å². The van der Waals surface area contributed by atoms with Crippen LogP contribution in [0.25, 0.3) is 0 Å². The van der Waals surface area contributed by atoms with Gasteiger partial charge in [-0.2, -0.15) is 0 Å². The van der Waals surface area contributed by atoms with Crippen LogP contribution in [0.2, 0.25) is 5.02 Å². The standard InChI is InChI=1S/C9H9ClFO2/c1-12-6-13-5-7-2-3-9(11)8(10)4-7/h2-5H,6H2,1H3. The van der Waals surface area contributed by atoms with Gasteiger partial charge >= 0.3 is 0 Å².